The molecule has 6 nitrogen and oxygen atoms in total. The summed E-state index contributed by atoms with van der Waals surface area (Å²) in [7, 11) is 0. The number of alkyl halides is 3. The van der Waals surface area contributed by atoms with Crippen LogP contribution in [0.2, 0.25) is 0 Å². The lowest BCUT2D eigenvalue weighted by atomic mass is 9.86. The highest BCUT2D eigenvalue weighted by Crippen LogP contribution is 2.55. The standard InChI is InChI=1S/C17H23F3O6/c1-4-15(2,7-24-16(3,23)17(18,19)20)14(22)26-11-8-5-9-10(6-8)13(21)25-12(9)11/h8-12,23H,4-7H2,1-3H3. The van der Waals surface area contributed by atoms with Gasteiger partial charge in [0, 0.05) is 11.8 Å². The molecule has 1 N–H and O–H groups in total. The van der Waals surface area contributed by atoms with Gasteiger partial charge in [-0.15, -0.1) is 0 Å². The Labute approximate surface area is 149 Å². The van der Waals surface area contributed by atoms with Crippen LogP contribution in [0, 0.1) is 23.2 Å². The van der Waals surface area contributed by atoms with E-state index < -0.39 is 42.2 Å². The molecule has 7 unspecified atom stereocenters. The molecule has 148 valence electrons. The van der Waals surface area contributed by atoms with Crippen molar-refractivity contribution >= 4 is 11.9 Å². The third kappa shape index (κ3) is 2.98. The minimum absolute atomic E-state index is 0.0331. The lowest BCUT2D eigenvalue weighted by molar-refractivity contribution is -0.361. The molecule has 3 aliphatic rings. The maximum Gasteiger partial charge on any atom is 0.442 e. The Kier molecular flexibility index (Phi) is 4.54. The number of rotatable bonds is 6. The molecule has 2 saturated carbocycles. The lowest BCUT2D eigenvalue weighted by Gasteiger charge is -2.34. The number of aliphatic hydroxyl groups is 1. The molecule has 0 aromatic rings. The monoisotopic (exact) mass is 380 g/mol. The van der Waals surface area contributed by atoms with Gasteiger partial charge in [0.15, 0.2) is 0 Å². The second-order valence-electron chi connectivity index (χ2n) is 7.96. The summed E-state index contributed by atoms with van der Waals surface area (Å²) in [5.74, 6) is -4.36. The second kappa shape index (κ2) is 6.09. The summed E-state index contributed by atoms with van der Waals surface area (Å²) < 4.78 is 53.7. The molecule has 0 spiro atoms. The number of halogens is 3. The fourth-order valence-corrected chi connectivity index (χ4v) is 4.02. The van der Waals surface area contributed by atoms with Crippen molar-refractivity contribution in [3.8, 4) is 0 Å². The van der Waals surface area contributed by atoms with Crippen LogP contribution in [0.1, 0.15) is 40.0 Å². The topological polar surface area (TPSA) is 82.1 Å². The van der Waals surface area contributed by atoms with Gasteiger partial charge in [-0.2, -0.15) is 13.2 Å². The van der Waals surface area contributed by atoms with E-state index in [2.05, 4.69) is 4.74 Å². The zero-order chi connectivity index (χ0) is 19.5. The number of carbonyl (C=O) groups excluding carboxylic acids is 2. The number of esters is 2. The summed E-state index contributed by atoms with van der Waals surface area (Å²) in [6, 6.07) is 0. The Hall–Kier alpha value is -1.35. The molecule has 9 heteroatoms. The van der Waals surface area contributed by atoms with E-state index in [0.29, 0.717) is 13.3 Å². The Morgan fingerprint density at radius 2 is 1.96 bits per heavy atom. The molecule has 0 aromatic heterocycles. The molecule has 26 heavy (non-hydrogen) atoms. The van der Waals surface area contributed by atoms with Crippen molar-refractivity contribution in [2.75, 3.05) is 6.61 Å². The molecule has 1 heterocycles. The summed E-state index contributed by atoms with van der Waals surface area (Å²) >= 11 is 0. The van der Waals surface area contributed by atoms with Gasteiger partial charge in [0.1, 0.15) is 12.2 Å². The molecule has 3 fully saturated rings. The first-order valence-electron chi connectivity index (χ1n) is 8.74. The SMILES string of the molecule is CCC(C)(COC(C)(O)C(F)(F)F)C(=O)OC1C2CC3C(=O)OC1C3C2. The Morgan fingerprint density at radius 3 is 2.54 bits per heavy atom. The van der Waals surface area contributed by atoms with E-state index in [1.807, 2.05) is 0 Å². The maximum absolute atomic E-state index is 12.7. The summed E-state index contributed by atoms with van der Waals surface area (Å²) in [5, 5.41) is 9.42. The molecule has 7 atom stereocenters. The Balaban J connectivity index is 1.65. The van der Waals surface area contributed by atoms with Crippen LogP contribution in [0.4, 0.5) is 13.2 Å². The molecular weight excluding hydrogens is 357 g/mol. The maximum atomic E-state index is 12.7. The number of fused-ring (bicyclic) bond motifs is 1. The van der Waals surface area contributed by atoms with Gasteiger partial charge < -0.3 is 19.3 Å². The van der Waals surface area contributed by atoms with Gasteiger partial charge in [-0.1, -0.05) is 6.92 Å². The molecule has 0 radical (unpaired) electrons. The predicted molar refractivity (Wildman–Crippen MR) is 80.5 cm³/mol. The van der Waals surface area contributed by atoms with Gasteiger partial charge in [-0.05, 0) is 33.1 Å². The van der Waals surface area contributed by atoms with E-state index in [-0.39, 0.29) is 30.1 Å². The molecule has 1 saturated heterocycles. The molecule has 1 aliphatic heterocycles. The fourth-order valence-electron chi connectivity index (χ4n) is 4.02. The van der Waals surface area contributed by atoms with Crippen molar-refractivity contribution in [1.82, 2.24) is 0 Å². The van der Waals surface area contributed by atoms with Crippen LogP contribution in [0.5, 0.6) is 0 Å². The van der Waals surface area contributed by atoms with E-state index in [0.717, 1.165) is 6.42 Å². The van der Waals surface area contributed by atoms with E-state index in [4.69, 9.17) is 9.47 Å². The zero-order valence-electron chi connectivity index (χ0n) is 14.8. The number of hydrogen-bond donors (Lipinski definition) is 1. The first-order valence-corrected chi connectivity index (χ1v) is 8.74. The first kappa shape index (κ1) is 19.4. The zero-order valence-corrected chi connectivity index (χ0v) is 14.8. The van der Waals surface area contributed by atoms with Crippen LogP contribution >= 0.6 is 0 Å². The fraction of sp³-hybridized carbons (Fsp3) is 0.882. The average Bonchev–Trinajstić information content (AvgIpc) is 3.16. The van der Waals surface area contributed by atoms with Gasteiger partial charge >= 0.3 is 18.1 Å². The summed E-state index contributed by atoms with van der Waals surface area (Å²) in [5.41, 5.74) is -1.36. The quantitative estimate of drug-likeness (QED) is 0.562. The highest BCUT2D eigenvalue weighted by atomic mass is 19.4. The smallest absolute Gasteiger partial charge is 0.442 e. The first-order chi connectivity index (χ1) is 11.9. The Morgan fingerprint density at radius 1 is 1.31 bits per heavy atom. The van der Waals surface area contributed by atoms with Gasteiger partial charge in [0.25, 0.3) is 5.79 Å². The van der Waals surface area contributed by atoms with Crippen molar-refractivity contribution in [2.45, 2.75) is 64.2 Å². The van der Waals surface area contributed by atoms with Crippen molar-refractivity contribution in [1.29, 1.82) is 0 Å². The van der Waals surface area contributed by atoms with Crippen LogP contribution in [-0.2, 0) is 23.8 Å². The third-order valence-corrected chi connectivity index (χ3v) is 6.13. The molecular formula is C17H23F3O6. The summed E-state index contributed by atoms with van der Waals surface area (Å²) in [6.45, 7) is 2.89. The van der Waals surface area contributed by atoms with Crippen LogP contribution in [-0.4, -0.2) is 47.8 Å². The largest absolute Gasteiger partial charge is 0.458 e. The van der Waals surface area contributed by atoms with Crippen molar-refractivity contribution in [3.63, 3.8) is 0 Å². The van der Waals surface area contributed by atoms with Gasteiger partial charge in [-0.25, -0.2) is 0 Å². The van der Waals surface area contributed by atoms with Crippen molar-refractivity contribution < 1.29 is 42.1 Å². The highest BCUT2D eigenvalue weighted by Gasteiger charge is 2.63. The Bertz CT molecular complexity index is 604. The average molecular weight is 380 g/mol. The normalized spacial score (nSPS) is 37.2. The third-order valence-electron chi connectivity index (χ3n) is 6.13. The minimum Gasteiger partial charge on any atom is -0.458 e. The molecule has 0 amide bonds. The van der Waals surface area contributed by atoms with Crippen molar-refractivity contribution in [3.05, 3.63) is 0 Å². The predicted octanol–water partition coefficient (Wildman–Crippen LogP) is 2.18. The van der Waals surface area contributed by atoms with Gasteiger partial charge in [-0.3, -0.25) is 9.59 Å². The van der Waals surface area contributed by atoms with Gasteiger partial charge in [0.2, 0.25) is 0 Å². The number of ether oxygens (including phenoxy) is 3. The number of carbonyl (C=O) groups is 2. The molecule has 2 aliphatic carbocycles. The summed E-state index contributed by atoms with van der Waals surface area (Å²) in [4.78, 5) is 24.4. The lowest BCUT2D eigenvalue weighted by Crippen LogP contribution is -2.49. The summed E-state index contributed by atoms with van der Waals surface area (Å²) in [6.07, 6.45) is -4.49. The van der Waals surface area contributed by atoms with Crippen molar-refractivity contribution in [2.24, 2.45) is 23.2 Å². The van der Waals surface area contributed by atoms with E-state index >= 15 is 0 Å². The van der Waals surface area contributed by atoms with Crippen LogP contribution in [0.25, 0.3) is 0 Å². The van der Waals surface area contributed by atoms with Crippen LogP contribution < -0.4 is 0 Å². The second-order valence-corrected chi connectivity index (χ2v) is 7.96. The molecule has 2 bridgehead atoms. The minimum atomic E-state index is -4.98. The van der Waals surface area contributed by atoms with Crippen LogP contribution in [0.3, 0.4) is 0 Å². The van der Waals surface area contributed by atoms with E-state index in [1.54, 1.807) is 6.92 Å². The molecule has 0 aromatic carbocycles. The molecule has 3 rings (SSSR count). The highest BCUT2D eigenvalue weighted by molar-refractivity contribution is 5.78. The van der Waals surface area contributed by atoms with E-state index in [9.17, 15) is 27.9 Å². The number of hydrogen-bond acceptors (Lipinski definition) is 6. The van der Waals surface area contributed by atoms with Crippen LogP contribution in [0.15, 0.2) is 0 Å². The van der Waals surface area contributed by atoms with E-state index in [1.165, 1.54) is 6.92 Å². The van der Waals surface area contributed by atoms with Gasteiger partial charge in [0.05, 0.1) is 17.9 Å².